The summed E-state index contributed by atoms with van der Waals surface area (Å²) in [7, 11) is 0. The maximum absolute atomic E-state index is 12.7. The van der Waals surface area contributed by atoms with Crippen molar-refractivity contribution in [1.29, 1.82) is 0 Å². The summed E-state index contributed by atoms with van der Waals surface area (Å²) in [4.78, 5) is 12.7. The Hall–Kier alpha value is -1.35. The Labute approximate surface area is 128 Å². The quantitative estimate of drug-likeness (QED) is 0.845. The molecule has 3 nitrogen and oxygen atoms in total. The number of amides is 1. The minimum atomic E-state index is -0.149. The van der Waals surface area contributed by atoms with E-state index in [9.17, 15) is 4.79 Å². The van der Waals surface area contributed by atoms with Crippen molar-refractivity contribution in [2.45, 2.75) is 52.5 Å². The standard InChI is InChI=1S/C18H28N2O/c1-3-9-18(10-12-19-13-11-18)17(21)20-14-16-7-5-15(4-2)6-8-16/h5-8,19H,3-4,9-14H2,1-2H3,(H,20,21). The van der Waals surface area contributed by atoms with Crippen LogP contribution < -0.4 is 10.6 Å². The second-order valence-corrected chi connectivity index (χ2v) is 6.13. The second-order valence-electron chi connectivity index (χ2n) is 6.13. The summed E-state index contributed by atoms with van der Waals surface area (Å²) in [6.07, 6.45) is 5.04. The van der Waals surface area contributed by atoms with Crippen molar-refractivity contribution in [2.75, 3.05) is 13.1 Å². The van der Waals surface area contributed by atoms with E-state index in [0.29, 0.717) is 6.54 Å². The summed E-state index contributed by atoms with van der Waals surface area (Å²) in [5.41, 5.74) is 2.37. The predicted molar refractivity (Wildman–Crippen MR) is 87.1 cm³/mol. The molecular weight excluding hydrogens is 260 g/mol. The molecule has 2 N–H and O–H groups in total. The van der Waals surface area contributed by atoms with Gasteiger partial charge in [0.25, 0.3) is 0 Å². The van der Waals surface area contributed by atoms with Gasteiger partial charge in [-0.3, -0.25) is 4.79 Å². The van der Waals surface area contributed by atoms with Crippen molar-refractivity contribution < 1.29 is 4.79 Å². The average molecular weight is 288 g/mol. The number of carbonyl (C=O) groups excluding carboxylic acids is 1. The fourth-order valence-corrected chi connectivity index (χ4v) is 3.24. The van der Waals surface area contributed by atoms with Crippen molar-refractivity contribution in [3.63, 3.8) is 0 Å². The first-order valence-electron chi connectivity index (χ1n) is 8.27. The van der Waals surface area contributed by atoms with Crippen LogP contribution in [-0.2, 0) is 17.8 Å². The van der Waals surface area contributed by atoms with Crippen LogP contribution in [0.25, 0.3) is 0 Å². The molecule has 21 heavy (non-hydrogen) atoms. The van der Waals surface area contributed by atoms with Crippen LogP contribution in [0.2, 0.25) is 0 Å². The highest BCUT2D eigenvalue weighted by atomic mass is 16.2. The van der Waals surface area contributed by atoms with Gasteiger partial charge in [0.2, 0.25) is 5.91 Å². The second kappa shape index (κ2) is 7.60. The number of piperidine rings is 1. The van der Waals surface area contributed by atoms with E-state index in [0.717, 1.165) is 45.2 Å². The van der Waals surface area contributed by atoms with Gasteiger partial charge in [0.05, 0.1) is 5.41 Å². The van der Waals surface area contributed by atoms with Crippen LogP contribution in [0.5, 0.6) is 0 Å². The number of hydrogen-bond acceptors (Lipinski definition) is 2. The topological polar surface area (TPSA) is 41.1 Å². The molecule has 0 saturated carbocycles. The van der Waals surface area contributed by atoms with E-state index >= 15 is 0 Å². The molecule has 2 rings (SSSR count). The van der Waals surface area contributed by atoms with Gasteiger partial charge in [-0.25, -0.2) is 0 Å². The fraction of sp³-hybridized carbons (Fsp3) is 0.611. The molecule has 1 aromatic carbocycles. The normalized spacial score (nSPS) is 17.4. The molecule has 116 valence electrons. The van der Waals surface area contributed by atoms with Gasteiger partial charge in [-0.2, -0.15) is 0 Å². The van der Waals surface area contributed by atoms with E-state index in [4.69, 9.17) is 0 Å². The molecule has 1 aliphatic heterocycles. The van der Waals surface area contributed by atoms with Crippen LogP contribution in [-0.4, -0.2) is 19.0 Å². The van der Waals surface area contributed by atoms with Crippen LogP contribution >= 0.6 is 0 Å². The molecule has 0 bridgehead atoms. The van der Waals surface area contributed by atoms with Gasteiger partial charge in [-0.1, -0.05) is 44.5 Å². The molecule has 1 heterocycles. The van der Waals surface area contributed by atoms with Crippen molar-refractivity contribution in [3.8, 4) is 0 Å². The van der Waals surface area contributed by atoms with Crippen molar-refractivity contribution in [2.24, 2.45) is 5.41 Å². The van der Waals surface area contributed by atoms with E-state index in [-0.39, 0.29) is 11.3 Å². The fourth-order valence-electron chi connectivity index (χ4n) is 3.24. The predicted octanol–water partition coefficient (Wildman–Crippen LogP) is 3.04. The minimum absolute atomic E-state index is 0.149. The third-order valence-corrected chi connectivity index (χ3v) is 4.66. The Bertz CT molecular complexity index is 441. The maximum atomic E-state index is 12.7. The third-order valence-electron chi connectivity index (χ3n) is 4.66. The minimum Gasteiger partial charge on any atom is -0.352 e. The van der Waals surface area contributed by atoms with Crippen LogP contribution in [0.3, 0.4) is 0 Å². The van der Waals surface area contributed by atoms with Gasteiger partial charge in [0.15, 0.2) is 0 Å². The lowest BCUT2D eigenvalue weighted by Crippen LogP contribution is -2.47. The summed E-state index contributed by atoms with van der Waals surface area (Å²) >= 11 is 0. The SMILES string of the molecule is CCCC1(C(=O)NCc2ccc(CC)cc2)CCNCC1. The number of benzene rings is 1. The number of hydrogen-bond donors (Lipinski definition) is 2. The van der Waals surface area contributed by atoms with E-state index in [1.165, 1.54) is 11.1 Å². The number of carbonyl (C=O) groups is 1. The Balaban J connectivity index is 1.94. The third kappa shape index (κ3) is 4.07. The van der Waals surface area contributed by atoms with E-state index < -0.39 is 0 Å². The molecule has 0 atom stereocenters. The molecule has 1 aromatic rings. The first kappa shape index (κ1) is 16.0. The number of nitrogens with one attached hydrogen (secondary N) is 2. The molecule has 0 unspecified atom stereocenters. The highest BCUT2D eigenvalue weighted by Gasteiger charge is 2.38. The summed E-state index contributed by atoms with van der Waals surface area (Å²) in [6.45, 7) is 6.88. The van der Waals surface area contributed by atoms with Gasteiger partial charge >= 0.3 is 0 Å². The first-order valence-corrected chi connectivity index (χ1v) is 8.27. The van der Waals surface area contributed by atoms with Crippen LogP contribution in [0.15, 0.2) is 24.3 Å². The molecule has 0 aliphatic carbocycles. The highest BCUT2D eigenvalue weighted by Crippen LogP contribution is 2.34. The van der Waals surface area contributed by atoms with Crippen molar-refractivity contribution >= 4 is 5.91 Å². The Morgan fingerprint density at radius 3 is 2.33 bits per heavy atom. The van der Waals surface area contributed by atoms with E-state index in [2.05, 4.69) is 48.7 Å². The van der Waals surface area contributed by atoms with Gasteiger partial charge in [0.1, 0.15) is 0 Å². The summed E-state index contributed by atoms with van der Waals surface area (Å²) in [5.74, 6) is 0.241. The molecule has 1 aliphatic rings. The molecule has 1 amide bonds. The number of aryl methyl sites for hydroxylation is 1. The molecule has 1 fully saturated rings. The summed E-state index contributed by atoms with van der Waals surface area (Å²) in [5, 5.41) is 6.52. The zero-order valence-electron chi connectivity index (χ0n) is 13.4. The zero-order valence-corrected chi connectivity index (χ0v) is 13.4. The van der Waals surface area contributed by atoms with E-state index in [1.54, 1.807) is 0 Å². The molecular formula is C18H28N2O. The lowest BCUT2D eigenvalue weighted by Gasteiger charge is -2.36. The number of rotatable bonds is 6. The first-order chi connectivity index (χ1) is 10.2. The van der Waals surface area contributed by atoms with Crippen LogP contribution in [0.1, 0.15) is 50.7 Å². The van der Waals surface area contributed by atoms with E-state index in [1.807, 2.05) is 0 Å². The van der Waals surface area contributed by atoms with Gasteiger partial charge < -0.3 is 10.6 Å². The van der Waals surface area contributed by atoms with Crippen molar-refractivity contribution in [1.82, 2.24) is 10.6 Å². The Morgan fingerprint density at radius 2 is 1.76 bits per heavy atom. The summed E-state index contributed by atoms with van der Waals surface area (Å²) < 4.78 is 0. The summed E-state index contributed by atoms with van der Waals surface area (Å²) in [6, 6.07) is 8.53. The lowest BCUT2D eigenvalue weighted by atomic mass is 9.74. The van der Waals surface area contributed by atoms with Crippen LogP contribution in [0.4, 0.5) is 0 Å². The lowest BCUT2D eigenvalue weighted by molar-refractivity contribution is -0.133. The maximum Gasteiger partial charge on any atom is 0.226 e. The van der Waals surface area contributed by atoms with Crippen LogP contribution in [0, 0.1) is 5.41 Å². The van der Waals surface area contributed by atoms with Gasteiger partial charge in [-0.05, 0) is 49.9 Å². The zero-order chi connectivity index (χ0) is 15.1. The van der Waals surface area contributed by atoms with Crippen molar-refractivity contribution in [3.05, 3.63) is 35.4 Å². The van der Waals surface area contributed by atoms with Gasteiger partial charge in [-0.15, -0.1) is 0 Å². The largest absolute Gasteiger partial charge is 0.352 e. The molecule has 0 radical (unpaired) electrons. The average Bonchev–Trinajstić information content (AvgIpc) is 2.54. The Kier molecular flexibility index (Phi) is 5.80. The molecule has 0 aromatic heterocycles. The van der Waals surface area contributed by atoms with Gasteiger partial charge in [0, 0.05) is 6.54 Å². The Morgan fingerprint density at radius 1 is 1.14 bits per heavy atom. The molecule has 0 spiro atoms. The highest BCUT2D eigenvalue weighted by molar-refractivity contribution is 5.82. The molecule has 3 heteroatoms. The molecule has 1 saturated heterocycles. The monoisotopic (exact) mass is 288 g/mol. The smallest absolute Gasteiger partial charge is 0.226 e.